The van der Waals surface area contributed by atoms with E-state index in [1.165, 1.54) is 0 Å². The van der Waals surface area contributed by atoms with Crippen LogP contribution in [0.1, 0.15) is 23.7 Å². The maximum Gasteiger partial charge on any atom is 0.170 e. The van der Waals surface area contributed by atoms with Crippen molar-refractivity contribution in [3.05, 3.63) is 36.0 Å². The molecule has 0 aliphatic rings. The molecule has 16 heavy (non-hydrogen) atoms. The topological polar surface area (TPSA) is 53.1 Å². The number of ketones is 1. The molecule has 2 N–H and O–H groups in total. The molecule has 0 bridgehead atoms. The number of fused-ring (bicyclic) bond motifs is 1. The van der Waals surface area contributed by atoms with Crippen LogP contribution in [0, 0.1) is 5.92 Å². The number of aromatic amines is 1. The minimum atomic E-state index is -0.292. The van der Waals surface area contributed by atoms with E-state index in [0.29, 0.717) is 12.0 Å². The number of rotatable bonds is 4. The predicted molar refractivity (Wildman–Crippen MR) is 63.5 cm³/mol. The molecule has 1 atom stereocenters. The van der Waals surface area contributed by atoms with E-state index in [0.717, 1.165) is 10.9 Å². The van der Waals surface area contributed by atoms with Crippen molar-refractivity contribution in [1.29, 1.82) is 0 Å². The molecule has 2 rings (SSSR count). The molecule has 0 radical (unpaired) electrons. The van der Waals surface area contributed by atoms with Gasteiger partial charge in [0.25, 0.3) is 0 Å². The van der Waals surface area contributed by atoms with Crippen molar-refractivity contribution in [1.82, 2.24) is 4.98 Å². The predicted octanol–water partition coefficient (Wildman–Crippen LogP) is 2.37. The van der Waals surface area contributed by atoms with Crippen LogP contribution in [0.2, 0.25) is 0 Å². The number of benzene rings is 1. The highest BCUT2D eigenvalue weighted by molar-refractivity contribution is 6.08. The van der Waals surface area contributed by atoms with Crippen LogP contribution in [-0.2, 0) is 0 Å². The van der Waals surface area contributed by atoms with Crippen LogP contribution in [0.15, 0.2) is 30.5 Å². The van der Waals surface area contributed by atoms with Crippen molar-refractivity contribution in [2.75, 3.05) is 6.61 Å². The molecule has 0 fully saturated rings. The summed E-state index contributed by atoms with van der Waals surface area (Å²) in [6, 6.07) is 7.69. The fourth-order valence-corrected chi connectivity index (χ4v) is 1.89. The molecule has 3 heteroatoms. The summed E-state index contributed by atoms with van der Waals surface area (Å²) in [6.45, 7) is 1.82. The first-order valence-corrected chi connectivity index (χ1v) is 5.49. The number of para-hydroxylation sites is 1. The SMILES string of the molecule is CCC(CO)C(=O)c1c[nH]c2ccccc12. The molecule has 1 unspecified atom stereocenters. The van der Waals surface area contributed by atoms with Crippen LogP contribution in [0.4, 0.5) is 0 Å². The smallest absolute Gasteiger partial charge is 0.170 e. The minimum absolute atomic E-state index is 0.0162. The Kier molecular flexibility index (Phi) is 3.06. The van der Waals surface area contributed by atoms with Crippen LogP contribution in [0.3, 0.4) is 0 Å². The number of hydrogen-bond donors (Lipinski definition) is 2. The summed E-state index contributed by atoms with van der Waals surface area (Å²) in [5.41, 5.74) is 1.63. The Bertz CT molecular complexity index is 497. The minimum Gasteiger partial charge on any atom is -0.396 e. The Balaban J connectivity index is 2.43. The van der Waals surface area contributed by atoms with E-state index >= 15 is 0 Å². The lowest BCUT2D eigenvalue weighted by molar-refractivity contribution is 0.0858. The maximum atomic E-state index is 12.1. The molecule has 0 spiro atoms. The van der Waals surface area contributed by atoms with Crippen molar-refractivity contribution < 1.29 is 9.90 Å². The summed E-state index contributed by atoms with van der Waals surface area (Å²) < 4.78 is 0. The summed E-state index contributed by atoms with van der Waals surface area (Å²) >= 11 is 0. The quantitative estimate of drug-likeness (QED) is 0.772. The second kappa shape index (κ2) is 4.49. The van der Waals surface area contributed by atoms with Gasteiger partial charge in [0.2, 0.25) is 0 Å². The number of hydrogen-bond acceptors (Lipinski definition) is 2. The summed E-state index contributed by atoms with van der Waals surface area (Å²) in [4.78, 5) is 15.2. The molecule has 2 aromatic rings. The van der Waals surface area contributed by atoms with E-state index in [-0.39, 0.29) is 18.3 Å². The van der Waals surface area contributed by atoms with Gasteiger partial charge >= 0.3 is 0 Å². The molecule has 0 saturated heterocycles. The molecular formula is C13H15NO2. The Morgan fingerprint density at radius 3 is 2.88 bits per heavy atom. The molecule has 1 heterocycles. The van der Waals surface area contributed by atoms with Crippen LogP contribution in [-0.4, -0.2) is 22.5 Å². The van der Waals surface area contributed by atoms with Gasteiger partial charge in [-0.25, -0.2) is 0 Å². The van der Waals surface area contributed by atoms with Crippen molar-refractivity contribution >= 4 is 16.7 Å². The normalized spacial score (nSPS) is 12.9. The van der Waals surface area contributed by atoms with E-state index in [4.69, 9.17) is 5.11 Å². The van der Waals surface area contributed by atoms with E-state index in [9.17, 15) is 4.79 Å². The van der Waals surface area contributed by atoms with Gasteiger partial charge < -0.3 is 10.1 Å². The van der Waals surface area contributed by atoms with Crippen LogP contribution < -0.4 is 0 Å². The third kappa shape index (κ3) is 1.74. The maximum absolute atomic E-state index is 12.1. The number of Topliss-reactive ketones (excluding diaryl/α,β-unsaturated/α-hetero) is 1. The Labute approximate surface area is 94.1 Å². The highest BCUT2D eigenvalue weighted by Crippen LogP contribution is 2.21. The monoisotopic (exact) mass is 217 g/mol. The van der Waals surface area contributed by atoms with E-state index in [1.54, 1.807) is 6.20 Å². The largest absolute Gasteiger partial charge is 0.396 e. The average Bonchev–Trinajstić information content (AvgIpc) is 2.74. The first-order chi connectivity index (χ1) is 7.77. The van der Waals surface area contributed by atoms with Crippen molar-refractivity contribution in [2.45, 2.75) is 13.3 Å². The van der Waals surface area contributed by atoms with Gasteiger partial charge in [0.15, 0.2) is 5.78 Å². The number of aliphatic hydroxyl groups is 1. The molecule has 0 aliphatic heterocycles. The summed E-state index contributed by atoms with van der Waals surface area (Å²) in [5, 5.41) is 10.1. The number of aromatic nitrogens is 1. The highest BCUT2D eigenvalue weighted by atomic mass is 16.3. The number of nitrogens with one attached hydrogen (secondary N) is 1. The van der Waals surface area contributed by atoms with Gasteiger partial charge in [0, 0.05) is 28.6 Å². The molecule has 1 aromatic carbocycles. The highest BCUT2D eigenvalue weighted by Gasteiger charge is 2.19. The molecule has 1 aromatic heterocycles. The zero-order valence-corrected chi connectivity index (χ0v) is 9.23. The molecular weight excluding hydrogens is 202 g/mol. The zero-order chi connectivity index (χ0) is 11.5. The summed E-state index contributed by atoms with van der Waals surface area (Å²) in [5.74, 6) is -0.276. The lowest BCUT2D eigenvalue weighted by atomic mass is 9.96. The third-order valence-corrected chi connectivity index (χ3v) is 2.94. The second-order valence-electron chi connectivity index (χ2n) is 3.90. The van der Waals surface area contributed by atoms with E-state index in [1.807, 2.05) is 31.2 Å². The van der Waals surface area contributed by atoms with Gasteiger partial charge in [-0.2, -0.15) is 0 Å². The van der Waals surface area contributed by atoms with Crippen LogP contribution in [0.5, 0.6) is 0 Å². The van der Waals surface area contributed by atoms with Crippen molar-refractivity contribution in [3.63, 3.8) is 0 Å². The van der Waals surface area contributed by atoms with Crippen molar-refractivity contribution in [2.24, 2.45) is 5.92 Å². The van der Waals surface area contributed by atoms with Gasteiger partial charge in [-0.05, 0) is 12.5 Å². The first-order valence-electron chi connectivity index (χ1n) is 5.49. The molecule has 3 nitrogen and oxygen atoms in total. The fourth-order valence-electron chi connectivity index (χ4n) is 1.89. The Hall–Kier alpha value is -1.61. The lowest BCUT2D eigenvalue weighted by Gasteiger charge is -2.08. The van der Waals surface area contributed by atoms with Gasteiger partial charge in [0.1, 0.15) is 0 Å². The molecule has 0 amide bonds. The number of carbonyl (C=O) groups is 1. The van der Waals surface area contributed by atoms with Gasteiger partial charge in [-0.1, -0.05) is 25.1 Å². The van der Waals surface area contributed by atoms with Gasteiger partial charge in [-0.15, -0.1) is 0 Å². The number of H-pyrrole nitrogens is 1. The van der Waals surface area contributed by atoms with Crippen LogP contribution in [0.25, 0.3) is 10.9 Å². The Morgan fingerprint density at radius 2 is 2.19 bits per heavy atom. The second-order valence-corrected chi connectivity index (χ2v) is 3.90. The van der Waals surface area contributed by atoms with E-state index in [2.05, 4.69) is 4.98 Å². The fraction of sp³-hybridized carbons (Fsp3) is 0.308. The first kappa shape index (κ1) is 10.9. The van der Waals surface area contributed by atoms with Gasteiger partial charge in [0.05, 0.1) is 6.61 Å². The standard InChI is InChI=1S/C13H15NO2/c1-2-9(8-15)13(16)11-7-14-12-6-4-3-5-10(11)12/h3-7,9,14-15H,2,8H2,1H3. The summed E-state index contributed by atoms with van der Waals surface area (Å²) in [7, 11) is 0. The molecule has 0 aliphatic carbocycles. The third-order valence-electron chi connectivity index (χ3n) is 2.94. The average molecular weight is 217 g/mol. The number of carbonyl (C=O) groups excluding carboxylic acids is 1. The van der Waals surface area contributed by atoms with Crippen molar-refractivity contribution in [3.8, 4) is 0 Å². The number of aliphatic hydroxyl groups excluding tert-OH is 1. The summed E-state index contributed by atoms with van der Waals surface area (Å²) in [6.07, 6.45) is 2.39. The Morgan fingerprint density at radius 1 is 1.44 bits per heavy atom. The molecule has 84 valence electrons. The lowest BCUT2D eigenvalue weighted by Crippen LogP contribution is -2.17. The molecule has 0 saturated carbocycles. The van der Waals surface area contributed by atoms with Crippen LogP contribution >= 0.6 is 0 Å². The van der Waals surface area contributed by atoms with Gasteiger partial charge in [-0.3, -0.25) is 4.79 Å². The zero-order valence-electron chi connectivity index (χ0n) is 9.23. The van der Waals surface area contributed by atoms with E-state index < -0.39 is 0 Å².